The zero-order chi connectivity index (χ0) is 10.3. The van der Waals surface area contributed by atoms with Gasteiger partial charge < -0.3 is 10.0 Å². The van der Waals surface area contributed by atoms with E-state index >= 15 is 0 Å². The second kappa shape index (κ2) is 7.34. The first-order valence-electron chi connectivity index (χ1n) is 5.39. The smallest absolute Gasteiger partial charge is 0.0558 e. The lowest BCUT2D eigenvalue weighted by Gasteiger charge is -2.23. The van der Waals surface area contributed by atoms with Crippen molar-refractivity contribution in [3.05, 3.63) is 0 Å². The maximum absolute atomic E-state index is 8.87. The van der Waals surface area contributed by atoms with Crippen LogP contribution in [0.5, 0.6) is 0 Å². The van der Waals surface area contributed by atoms with E-state index in [2.05, 4.69) is 32.6 Å². The van der Waals surface area contributed by atoms with Crippen LogP contribution in [0.15, 0.2) is 0 Å². The second-order valence-electron chi connectivity index (χ2n) is 4.60. The van der Waals surface area contributed by atoms with E-state index in [1.54, 1.807) is 0 Å². The first-order valence-corrected chi connectivity index (χ1v) is 5.39. The van der Waals surface area contributed by atoms with E-state index in [-0.39, 0.29) is 6.61 Å². The quantitative estimate of drug-likeness (QED) is 0.659. The van der Waals surface area contributed by atoms with Crippen LogP contribution in [0.2, 0.25) is 0 Å². The lowest BCUT2D eigenvalue weighted by Crippen LogP contribution is -2.32. The molecule has 2 heteroatoms. The van der Waals surface area contributed by atoms with Crippen LogP contribution in [-0.4, -0.2) is 36.2 Å². The molecule has 0 aromatic heterocycles. The number of nitrogens with zero attached hydrogens (tertiary/aromatic N) is 1. The van der Waals surface area contributed by atoms with Crippen molar-refractivity contribution in [1.82, 2.24) is 4.90 Å². The summed E-state index contributed by atoms with van der Waals surface area (Å²) < 4.78 is 0. The van der Waals surface area contributed by atoms with Gasteiger partial charge in [-0.05, 0) is 24.8 Å². The summed E-state index contributed by atoms with van der Waals surface area (Å²) in [4.78, 5) is 2.35. The first kappa shape index (κ1) is 12.9. The third-order valence-corrected chi connectivity index (χ3v) is 2.06. The van der Waals surface area contributed by atoms with Crippen LogP contribution in [0, 0.1) is 11.8 Å². The van der Waals surface area contributed by atoms with Crippen molar-refractivity contribution in [3.63, 3.8) is 0 Å². The molecule has 0 bridgehead atoms. The Hall–Kier alpha value is -0.0800. The summed E-state index contributed by atoms with van der Waals surface area (Å²) in [5.74, 6) is 1.45. The highest BCUT2D eigenvalue weighted by atomic mass is 16.3. The molecule has 0 aromatic rings. The van der Waals surface area contributed by atoms with Crippen molar-refractivity contribution >= 4 is 0 Å². The maximum Gasteiger partial charge on any atom is 0.0558 e. The van der Waals surface area contributed by atoms with Crippen LogP contribution >= 0.6 is 0 Å². The molecule has 1 N–H and O–H groups in total. The highest BCUT2D eigenvalue weighted by Crippen LogP contribution is 2.04. The molecule has 0 spiro atoms. The second-order valence-corrected chi connectivity index (χ2v) is 4.60. The lowest BCUT2D eigenvalue weighted by molar-refractivity contribution is 0.175. The van der Waals surface area contributed by atoms with Crippen LogP contribution in [-0.2, 0) is 0 Å². The number of rotatable bonds is 7. The minimum atomic E-state index is 0.283. The van der Waals surface area contributed by atoms with E-state index in [4.69, 9.17) is 5.11 Å². The Kier molecular flexibility index (Phi) is 7.29. The van der Waals surface area contributed by atoms with Gasteiger partial charge in [0.2, 0.25) is 0 Å². The standard InChI is InChI=1S/C11H25NO/c1-10(2)5-6-12(7-8-13)9-11(3)4/h10-11,13H,5-9H2,1-4H3. The van der Waals surface area contributed by atoms with Crippen LogP contribution < -0.4 is 0 Å². The molecule has 0 aliphatic rings. The van der Waals surface area contributed by atoms with E-state index in [1.807, 2.05) is 0 Å². The largest absolute Gasteiger partial charge is 0.395 e. The van der Waals surface area contributed by atoms with Crippen molar-refractivity contribution in [3.8, 4) is 0 Å². The molecule has 0 atom stereocenters. The van der Waals surface area contributed by atoms with Gasteiger partial charge in [0.25, 0.3) is 0 Å². The fraction of sp³-hybridized carbons (Fsp3) is 1.00. The van der Waals surface area contributed by atoms with Crippen LogP contribution in [0.3, 0.4) is 0 Å². The SMILES string of the molecule is CC(C)CCN(CCO)CC(C)C. The van der Waals surface area contributed by atoms with Crippen molar-refractivity contribution in [2.75, 3.05) is 26.2 Å². The zero-order valence-electron chi connectivity index (χ0n) is 9.58. The Morgan fingerprint density at radius 2 is 1.62 bits per heavy atom. The number of aliphatic hydroxyl groups excluding tert-OH is 1. The van der Waals surface area contributed by atoms with Crippen molar-refractivity contribution < 1.29 is 5.11 Å². The molecule has 0 aliphatic carbocycles. The number of hydrogen-bond acceptors (Lipinski definition) is 2. The molecule has 0 aliphatic heterocycles. The van der Waals surface area contributed by atoms with Crippen LogP contribution in [0.1, 0.15) is 34.1 Å². The molecular formula is C11H25NO. The van der Waals surface area contributed by atoms with Gasteiger partial charge in [-0.25, -0.2) is 0 Å². The monoisotopic (exact) mass is 187 g/mol. The van der Waals surface area contributed by atoms with Gasteiger partial charge >= 0.3 is 0 Å². The van der Waals surface area contributed by atoms with E-state index in [1.165, 1.54) is 6.42 Å². The minimum Gasteiger partial charge on any atom is -0.395 e. The summed E-state index contributed by atoms with van der Waals surface area (Å²) >= 11 is 0. The third-order valence-electron chi connectivity index (χ3n) is 2.06. The van der Waals surface area contributed by atoms with E-state index in [0.29, 0.717) is 5.92 Å². The van der Waals surface area contributed by atoms with Gasteiger partial charge in [0.15, 0.2) is 0 Å². The van der Waals surface area contributed by atoms with Crippen LogP contribution in [0.25, 0.3) is 0 Å². The molecule has 0 saturated carbocycles. The number of aliphatic hydroxyl groups is 1. The van der Waals surface area contributed by atoms with Gasteiger partial charge in [0.05, 0.1) is 6.61 Å². The average Bonchev–Trinajstić information content (AvgIpc) is 1.99. The molecule has 0 heterocycles. The molecular weight excluding hydrogens is 162 g/mol. The van der Waals surface area contributed by atoms with Gasteiger partial charge in [-0.1, -0.05) is 27.7 Å². The first-order chi connectivity index (χ1) is 6.06. The topological polar surface area (TPSA) is 23.5 Å². The summed E-state index contributed by atoms with van der Waals surface area (Å²) in [6.07, 6.45) is 1.23. The molecule has 0 aromatic carbocycles. The fourth-order valence-corrected chi connectivity index (χ4v) is 1.39. The molecule has 0 fully saturated rings. The molecule has 0 amide bonds. The number of hydrogen-bond donors (Lipinski definition) is 1. The molecule has 0 radical (unpaired) electrons. The molecule has 2 nitrogen and oxygen atoms in total. The van der Waals surface area contributed by atoms with E-state index < -0.39 is 0 Å². The molecule has 0 saturated heterocycles. The molecule has 0 rings (SSSR count). The maximum atomic E-state index is 8.87. The summed E-state index contributed by atoms with van der Waals surface area (Å²) in [7, 11) is 0. The summed E-state index contributed by atoms with van der Waals surface area (Å²) in [5.41, 5.74) is 0. The Morgan fingerprint density at radius 1 is 1.00 bits per heavy atom. The van der Waals surface area contributed by atoms with Crippen molar-refractivity contribution in [1.29, 1.82) is 0 Å². The highest BCUT2D eigenvalue weighted by molar-refractivity contribution is 4.60. The molecule has 0 unspecified atom stereocenters. The Morgan fingerprint density at radius 3 is 2.00 bits per heavy atom. The third kappa shape index (κ3) is 8.26. The lowest BCUT2D eigenvalue weighted by atomic mass is 10.1. The van der Waals surface area contributed by atoms with Crippen molar-refractivity contribution in [2.45, 2.75) is 34.1 Å². The highest BCUT2D eigenvalue weighted by Gasteiger charge is 2.06. The average molecular weight is 187 g/mol. The Balaban J connectivity index is 3.66. The fourth-order valence-electron chi connectivity index (χ4n) is 1.39. The summed E-state index contributed by atoms with van der Waals surface area (Å²) in [6.45, 7) is 12.3. The zero-order valence-corrected chi connectivity index (χ0v) is 9.58. The predicted molar refractivity (Wildman–Crippen MR) is 57.8 cm³/mol. The Bertz CT molecular complexity index is 113. The van der Waals surface area contributed by atoms with Crippen molar-refractivity contribution in [2.24, 2.45) is 11.8 Å². The summed E-state index contributed by atoms with van der Waals surface area (Å²) in [6, 6.07) is 0. The molecule has 13 heavy (non-hydrogen) atoms. The van der Waals surface area contributed by atoms with Gasteiger partial charge in [-0.3, -0.25) is 0 Å². The van der Waals surface area contributed by atoms with Gasteiger partial charge in [0, 0.05) is 13.1 Å². The van der Waals surface area contributed by atoms with Crippen LogP contribution in [0.4, 0.5) is 0 Å². The molecule has 80 valence electrons. The minimum absolute atomic E-state index is 0.283. The summed E-state index contributed by atoms with van der Waals surface area (Å²) in [5, 5.41) is 8.87. The Labute approximate surface area is 82.9 Å². The predicted octanol–water partition coefficient (Wildman–Crippen LogP) is 1.98. The van der Waals surface area contributed by atoms with Gasteiger partial charge in [-0.15, -0.1) is 0 Å². The van der Waals surface area contributed by atoms with Gasteiger partial charge in [0.1, 0.15) is 0 Å². The normalized spacial score (nSPS) is 12.0. The van der Waals surface area contributed by atoms with E-state index in [9.17, 15) is 0 Å². The van der Waals surface area contributed by atoms with E-state index in [0.717, 1.165) is 25.6 Å². The van der Waals surface area contributed by atoms with Gasteiger partial charge in [-0.2, -0.15) is 0 Å².